The monoisotopic (exact) mass is 408 g/mol. The zero-order valence-electron chi connectivity index (χ0n) is 15.5. The average Bonchev–Trinajstić information content (AvgIpc) is 2.65. The van der Waals surface area contributed by atoms with E-state index in [-0.39, 0.29) is 0 Å². The summed E-state index contributed by atoms with van der Waals surface area (Å²) in [5, 5.41) is 2.11. The van der Waals surface area contributed by atoms with E-state index in [0.29, 0.717) is 18.0 Å². The molecule has 1 atom stereocenters. The lowest BCUT2D eigenvalue weighted by molar-refractivity contribution is 0.290. The molecular weight excluding hydrogens is 380 g/mol. The molecule has 0 N–H and O–H groups in total. The largest absolute Gasteiger partial charge is 0.493 e. The fraction of sp³-hybridized carbons (Fsp3) is 0.524. The quantitative estimate of drug-likeness (QED) is 0.319. The van der Waals surface area contributed by atoms with Crippen molar-refractivity contribution in [1.82, 2.24) is 0 Å². The van der Waals surface area contributed by atoms with Crippen LogP contribution in [0.2, 0.25) is 0 Å². The van der Waals surface area contributed by atoms with Crippen LogP contribution in [0.1, 0.15) is 46.0 Å². The summed E-state index contributed by atoms with van der Waals surface area (Å²) in [5.41, 5.74) is 0. The van der Waals surface area contributed by atoms with Gasteiger partial charge in [0, 0.05) is 21.7 Å². The molecule has 2 aromatic rings. The molecule has 0 saturated heterocycles. The van der Waals surface area contributed by atoms with Gasteiger partial charge in [-0.25, -0.2) is 0 Å². The Hall–Kier alpha value is -1.42. The van der Waals surface area contributed by atoms with Crippen molar-refractivity contribution >= 4 is 26.7 Å². The smallest absolute Gasteiger partial charge is 0.169 e. The van der Waals surface area contributed by atoms with Gasteiger partial charge in [0.2, 0.25) is 0 Å². The number of halogens is 1. The Morgan fingerprint density at radius 1 is 0.960 bits per heavy atom. The number of benzene rings is 2. The molecule has 2 rings (SSSR count). The van der Waals surface area contributed by atoms with Crippen LogP contribution in [0.4, 0.5) is 0 Å². The fourth-order valence-corrected chi connectivity index (χ4v) is 3.09. The highest BCUT2D eigenvalue weighted by molar-refractivity contribution is 9.09. The molecule has 0 amide bonds. The van der Waals surface area contributed by atoms with Crippen molar-refractivity contribution < 1.29 is 14.2 Å². The molecule has 0 aliphatic heterocycles. The lowest BCUT2D eigenvalue weighted by atomic mass is 10.1. The van der Waals surface area contributed by atoms with Crippen LogP contribution in [-0.4, -0.2) is 25.2 Å². The van der Waals surface area contributed by atoms with Gasteiger partial charge in [-0.05, 0) is 32.1 Å². The summed E-state index contributed by atoms with van der Waals surface area (Å²) in [6, 6.07) is 10.1. The number of methoxy groups -OCH3 is 1. The zero-order valence-corrected chi connectivity index (χ0v) is 17.1. The van der Waals surface area contributed by atoms with Crippen molar-refractivity contribution in [2.75, 3.05) is 20.3 Å². The molecule has 25 heavy (non-hydrogen) atoms. The maximum absolute atomic E-state index is 6.09. The Kier molecular flexibility index (Phi) is 8.39. The van der Waals surface area contributed by atoms with Crippen LogP contribution in [0, 0.1) is 0 Å². The summed E-state index contributed by atoms with van der Waals surface area (Å²) in [6.07, 6.45) is 5.53. The van der Waals surface area contributed by atoms with Crippen LogP contribution in [0.25, 0.3) is 10.8 Å². The normalized spacial score (nSPS) is 12.2. The Bertz CT molecular complexity index is 657. The minimum atomic E-state index is 0.614. The third-order valence-electron chi connectivity index (χ3n) is 4.21. The van der Waals surface area contributed by atoms with E-state index in [4.69, 9.17) is 14.2 Å². The van der Waals surface area contributed by atoms with E-state index < -0.39 is 0 Å². The van der Waals surface area contributed by atoms with Gasteiger partial charge in [-0.3, -0.25) is 0 Å². The van der Waals surface area contributed by atoms with E-state index in [1.807, 2.05) is 18.2 Å². The number of hydrogen-bond acceptors (Lipinski definition) is 3. The lowest BCUT2D eigenvalue weighted by Crippen LogP contribution is -2.03. The highest BCUT2D eigenvalue weighted by Gasteiger charge is 2.14. The molecule has 0 saturated carbocycles. The molecule has 0 fully saturated rings. The second-order valence-electron chi connectivity index (χ2n) is 6.15. The van der Waals surface area contributed by atoms with Gasteiger partial charge in [-0.15, -0.1) is 0 Å². The number of unbranched alkanes of at least 4 members (excludes halogenated alkanes) is 1. The van der Waals surface area contributed by atoms with Gasteiger partial charge in [-0.2, -0.15) is 0 Å². The highest BCUT2D eigenvalue weighted by atomic mass is 79.9. The molecule has 0 aromatic heterocycles. The van der Waals surface area contributed by atoms with Crippen molar-refractivity contribution in [1.29, 1.82) is 0 Å². The standard InChI is InChI=1S/C21H29BrO3/c1-4-13-25-21-18-12-7-6-11-17(18)19(15-20(21)23-3)24-14-9-8-10-16(22)5-2/h6-7,11-12,15-16H,4-5,8-10,13-14H2,1-3H3. The highest BCUT2D eigenvalue weighted by Crippen LogP contribution is 2.41. The van der Waals surface area contributed by atoms with E-state index >= 15 is 0 Å². The predicted octanol–water partition coefficient (Wildman–Crippen LogP) is 6.36. The fourth-order valence-electron chi connectivity index (χ4n) is 2.77. The lowest BCUT2D eigenvalue weighted by Gasteiger charge is -2.17. The molecule has 0 spiro atoms. The van der Waals surface area contributed by atoms with E-state index in [1.165, 1.54) is 12.8 Å². The summed E-state index contributed by atoms with van der Waals surface area (Å²) < 4.78 is 17.6. The van der Waals surface area contributed by atoms with E-state index in [1.54, 1.807) is 7.11 Å². The molecule has 2 aromatic carbocycles. The first-order valence-corrected chi connectivity index (χ1v) is 10.1. The topological polar surface area (TPSA) is 27.7 Å². The average molecular weight is 409 g/mol. The molecule has 3 nitrogen and oxygen atoms in total. The Labute approximate surface area is 159 Å². The minimum absolute atomic E-state index is 0.614. The van der Waals surface area contributed by atoms with E-state index in [9.17, 15) is 0 Å². The summed E-state index contributed by atoms with van der Waals surface area (Å²) in [4.78, 5) is 0.614. The van der Waals surface area contributed by atoms with Crippen LogP contribution in [0.15, 0.2) is 30.3 Å². The maximum Gasteiger partial charge on any atom is 0.169 e. The summed E-state index contributed by atoms with van der Waals surface area (Å²) >= 11 is 3.68. The van der Waals surface area contributed by atoms with Crippen LogP contribution >= 0.6 is 15.9 Å². The van der Waals surface area contributed by atoms with Crippen molar-refractivity contribution in [3.05, 3.63) is 30.3 Å². The van der Waals surface area contributed by atoms with Gasteiger partial charge in [0.05, 0.1) is 20.3 Å². The molecule has 138 valence electrons. The predicted molar refractivity (Wildman–Crippen MR) is 109 cm³/mol. The van der Waals surface area contributed by atoms with E-state index in [2.05, 4.69) is 41.9 Å². The minimum Gasteiger partial charge on any atom is -0.493 e. The molecule has 1 unspecified atom stereocenters. The number of alkyl halides is 1. The first kappa shape index (κ1) is 19.9. The second kappa shape index (κ2) is 10.5. The van der Waals surface area contributed by atoms with Crippen LogP contribution in [0.5, 0.6) is 17.2 Å². The zero-order chi connectivity index (χ0) is 18.1. The van der Waals surface area contributed by atoms with E-state index in [0.717, 1.165) is 47.3 Å². The number of hydrogen-bond donors (Lipinski definition) is 0. The van der Waals surface area contributed by atoms with Crippen LogP contribution in [0.3, 0.4) is 0 Å². The number of ether oxygens (including phenoxy) is 3. The molecule has 0 aliphatic rings. The molecule has 0 aliphatic carbocycles. The van der Waals surface area contributed by atoms with Gasteiger partial charge in [0.25, 0.3) is 0 Å². The van der Waals surface area contributed by atoms with Gasteiger partial charge in [-0.1, -0.05) is 54.0 Å². The van der Waals surface area contributed by atoms with Gasteiger partial charge < -0.3 is 14.2 Å². The third-order valence-corrected chi connectivity index (χ3v) is 5.31. The maximum atomic E-state index is 6.09. The first-order valence-electron chi connectivity index (χ1n) is 9.20. The molecule has 0 radical (unpaired) electrons. The van der Waals surface area contributed by atoms with Crippen molar-refractivity contribution in [2.24, 2.45) is 0 Å². The van der Waals surface area contributed by atoms with Crippen molar-refractivity contribution in [3.63, 3.8) is 0 Å². The summed E-state index contributed by atoms with van der Waals surface area (Å²) in [7, 11) is 1.67. The summed E-state index contributed by atoms with van der Waals surface area (Å²) in [6.45, 7) is 5.69. The Morgan fingerprint density at radius 2 is 1.72 bits per heavy atom. The SMILES string of the molecule is CCCOc1c(OC)cc(OCCCCC(Br)CC)c2ccccc12. The van der Waals surface area contributed by atoms with Crippen molar-refractivity contribution in [2.45, 2.75) is 50.8 Å². The first-order chi connectivity index (χ1) is 12.2. The van der Waals surface area contributed by atoms with Crippen LogP contribution < -0.4 is 14.2 Å². The molecular formula is C21H29BrO3. The van der Waals surface area contributed by atoms with Gasteiger partial charge in [0.15, 0.2) is 11.5 Å². The number of rotatable bonds is 11. The Morgan fingerprint density at radius 3 is 2.40 bits per heavy atom. The van der Waals surface area contributed by atoms with Gasteiger partial charge in [0.1, 0.15) is 5.75 Å². The van der Waals surface area contributed by atoms with Gasteiger partial charge >= 0.3 is 0 Å². The molecule has 4 heteroatoms. The number of fused-ring (bicyclic) bond motifs is 1. The van der Waals surface area contributed by atoms with Crippen LogP contribution in [-0.2, 0) is 0 Å². The third kappa shape index (κ3) is 5.53. The van der Waals surface area contributed by atoms with Crippen molar-refractivity contribution in [3.8, 4) is 17.2 Å². The summed E-state index contributed by atoms with van der Waals surface area (Å²) in [5.74, 6) is 2.40. The second-order valence-corrected chi connectivity index (χ2v) is 7.44. The molecule has 0 heterocycles. The molecule has 0 bridgehead atoms. The Balaban J connectivity index is 2.14.